The van der Waals surface area contributed by atoms with Gasteiger partial charge >= 0.3 is 0 Å². The maximum atomic E-state index is 11.8. The van der Waals surface area contributed by atoms with Crippen LogP contribution in [0.3, 0.4) is 0 Å². The number of para-hydroxylation sites is 1. The van der Waals surface area contributed by atoms with Crippen molar-refractivity contribution in [1.29, 1.82) is 0 Å². The summed E-state index contributed by atoms with van der Waals surface area (Å²) < 4.78 is 1.20. The molecule has 114 valence electrons. The Hall–Kier alpha value is -1.99. The van der Waals surface area contributed by atoms with Crippen LogP contribution in [0.4, 0.5) is 5.13 Å². The van der Waals surface area contributed by atoms with Crippen molar-refractivity contribution in [2.45, 2.75) is 12.5 Å². The molecule has 0 unspecified atom stereocenters. The summed E-state index contributed by atoms with van der Waals surface area (Å²) in [7, 11) is 0. The van der Waals surface area contributed by atoms with Gasteiger partial charge in [-0.05, 0) is 12.1 Å². The van der Waals surface area contributed by atoms with E-state index >= 15 is 0 Å². The number of carbonyl (C=O) groups excluding carboxylic acids is 2. The summed E-state index contributed by atoms with van der Waals surface area (Å²) in [4.78, 5) is 31.3. The van der Waals surface area contributed by atoms with Crippen LogP contribution in [0.5, 0.6) is 0 Å². The van der Waals surface area contributed by atoms with Crippen LogP contribution in [0, 0.1) is 0 Å². The summed E-state index contributed by atoms with van der Waals surface area (Å²) in [5.41, 5.74) is 1.04. The van der Waals surface area contributed by atoms with E-state index in [0.29, 0.717) is 6.42 Å². The van der Waals surface area contributed by atoms with Crippen molar-refractivity contribution < 1.29 is 14.5 Å². The Morgan fingerprint density at radius 1 is 1.23 bits per heavy atom. The summed E-state index contributed by atoms with van der Waals surface area (Å²) >= 11 is 1.71. The number of rotatable bonds is 2. The highest BCUT2D eigenvalue weighted by atomic mass is 32.1. The zero-order valence-corrected chi connectivity index (χ0v) is 12.9. The fraction of sp³-hybridized carbons (Fsp3) is 0.400. The number of hydrogen-bond acceptors (Lipinski definition) is 5. The molecule has 7 heteroatoms. The fourth-order valence-corrected chi connectivity index (χ4v) is 4.23. The van der Waals surface area contributed by atoms with Gasteiger partial charge in [-0.2, -0.15) is 0 Å². The van der Waals surface area contributed by atoms with E-state index in [9.17, 15) is 9.59 Å². The van der Waals surface area contributed by atoms with Crippen molar-refractivity contribution in [3.63, 3.8) is 0 Å². The van der Waals surface area contributed by atoms with Crippen LogP contribution in [0.15, 0.2) is 24.3 Å². The number of quaternary nitrogens is 1. The molecule has 2 fully saturated rings. The Morgan fingerprint density at radius 3 is 2.68 bits per heavy atom. The summed E-state index contributed by atoms with van der Waals surface area (Å²) in [6.07, 6.45) is 0.329. The first-order valence-corrected chi connectivity index (χ1v) is 8.31. The average Bonchev–Trinajstić information content (AvgIpc) is 3.10. The maximum Gasteiger partial charge on any atom is 0.285 e. The van der Waals surface area contributed by atoms with Gasteiger partial charge in [-0.15, -0.1) is 0 Å². The number of imide groups is 1. The second-order valence-electron chi connectivity index (χ2n) is 5.78. The first kappa shape index (κ1) is 13.7. The molecule has 0 saturated carbocycles. The predicted octanol–water partition coefficient (Wildman–Crippen LogP) is -0.584. The molecule has 2 amide bonds. The lowest BCUT2D eigenvalue weighted by atomic mass is 10.2. The van der Waals surface area contributed by atoms with Crippen molar-refractivity contribution in [1.82, 2.24) is 10.3 Å². The highest BCUT2D eigenvalue weighted by Crippen LogP contribution is 2.28. The minimum Gasteiger partial charge on any atom is -0.337 e. The van der Waals surface area contributed by atoms with Crippen molar-refractivity contribution in [3.05, 3.63) is 24.3 Å². The van der Waals surface area contributed by atoms with Gasteiger partial charge in [0.1, 0.15) is 0 Å². The minimum atomic E-state index is -0.204. The van der Waals surface area contributed by atoms with E-state index in [1.165, 1.54) is 9.60 Å². The molecule has 6 nitrogen and oxygen atoms in total. The van der Waals surface area contributed by atoms with Crippen LogP contribution in [0.1, 0.15) is 6.42 Å². The predicted molar refractivity (Wildman–Crippen MR) is 84.1 cm³/mol. The molecule has 3 heterocycles. The van der Waals surface area contributed by atoms with Gasteiger partial charge in [0, 0.05) is 0 Å². The molecule has 0 aliphatic carbocycles. The van der Waals surface area contributed by atoms with Crippen molar-refractivity contribution in [3.8, 4) is 0 Å². The normalized spacial score (nSPS) is 23.3. The van der Waals surface area contributed by atoms with E-state index in [0.717, 1.165) is 36.8 Å². The molecule has 1 atom stereocenters. The number of nitrogens with zero attached hydrogens (tertiary/aromatic N) is 2. The van der Waals surface area contributed by atoms with E-state index < -0.39 is 0 Å². The van der Waals surface area contributed by atoms with Gasteiger partial charge in [0.25, 0.3) is 5.91 Å². The Kier molecular flexibility index (Phi) is 3.31. The third kappa shape index (κ3) is 2.36. The molecule has 2 saturated heterocycles. The summed E-state index contributed by atoms with van der Waals surface area (Å²) in [6.45, 7) is 3.46. The molecular formula is C15H17N4O2S+. The Labute approximate surface area is 131 Å². The Morgan fingerprint density at radius 2 is 2.00 bits per heavy atom. The van der Waals surface area contributed by atoms with Crippen molar-refractivity contribution in [2.24, 2.45) is 0 Å². The number of hydrogen-bond donors (Lipinski definition) is 2. The van der Waals surface area contributed by atoms with Gasteiger partial charge < -0.3 is 9.80 Å². The fourth-order valence-electron chi connectivity index (χ4n) is 3.21. The molecule has 1 aromatic carbocycles. The van der Waals surface area contributed by atoms with Gasteiger partial charge in [0.05, 0.1) is 42.8 Å². The zero-order chi connectivity index (χ0) is 15.1. The molecule has 0 spiro atoms. The quantitative estimate of drug-likeness (QED) is 0.727. The van der Waals surface area contributed by atoms with Crippen LogP contribution in [-0.4, -0.2) is 49.0 Å². The second-order valence-corrected chi connectivity index (χ2v) is 6.79. The Balaban J connectivity index is 1.45. The van der Waals surface area contributed by atoms with E-state index in [1.54, 1.807) is 11.3 Å². The summed E-state index contributed by atoms with van der Waals surface area (Å²) in [5, 5.41) is 3.45. The molecule has 4 rings (SSSR count). The molecular weight excluding hydrogens is 300 g/mol. The third-order valence-corrected chi connectivity index (χ3v) is 5.52. The second kappa shape index (κ2) is 5.33. The summed E-state index contributed by atoms with van der Waals surface area (Å²) in [6, 6.07) is 7.95. The van der Waals surface area contributed by atoms with Crippen LogP contribution in [0.25, 0.3) is 10.2 Å². The lowest BCUT2D eigenvalue weighted by Crippen LogP contribution is -3.19. The molecule has 1 aromatic heterocycles. The highest BCUT2D eigenvalue weighted by Gasteiger charge is 2.40. The largest absolute Gasteiger partial charge is 0.337 e. The average molecular weight is 317 g/mol. The van der Waals surface area contributed by atoms with Crippen LogP contribution < -0.4 is 15.1 Å². The number of carbonyl (C=O) groups is 2. The molecule has 0 bridgehead atoms. The molecule has 2 aliphatic rings. The number of amides is 2. The Bertz CT molecular complexity index is 703. The number of thiazole rings is 1. The topological polar surface area (TPSA) is 66.7 Å². The van der Waals surface area contributed by atoms with E-state index in [4.69, 9.17) is 0 Å². The lowest BCUT2D eigenvalue weighted by molar-refractivity contribution is -0.915. The monoisotopic (exact) mass is 317 g/mol. The van der Waals surface area contributed by atoms with Crippen molar-refractivity contribution in [2.75, 3.05) is 31.1 Å². The van der Waals surface area contributed by atoms with Crippen molar-refractivity contribution >= 4 is 38.5 Å². The first-order chi connectivity index (χ1) is 10.7. The molecule has 2 N–H and O–H groups in total. The van der Waals surface area contributed by atoms with Gasteiger partial charge in [0.15, 0.2) is 11.2 Å². The maximum absolute atomic E-state index is 11.8. The van der Waals surface area contributed by atoms with Crippen LogP contribution in [0.2, 0.25) is 0 Å². The SMILES string of the molecule is O=C1C[C@H]([NH+]2CCN(c3nc4ccccc4s3)CC2)C(=O)N1. The highest BCUT2D eigenvalue weighted by molar-refractivity contribution is 7.22. The van der Waals surface area contributed by atoms with Gasteiger partial charge in [-0.3, -0.25) is 14.9 Å². The lowest BCUT2D eigenvalue weighted by Gasteiger charge is -2.33. The standard InChI is InChI=1S/C15H16N4O2S/c20-13-9-11(14(21)17-13)18-5-7-19(8-6-18)15-16-10-3-1-2-4-12(10)22-15/h1-4,11H,5-9H2,(H,17,20,21)/p+1/t11-/m0/s1. The first-order valence-electron chi connectivity index (χ1n) is 7.49. The third-order valence-electron chi connectivity index (χ3n) is 4.42. The van der Waals surface area contributed by atoms with E-state index in [2.05, 4.69) is 21.3 Å². The molecule has 22 heavy (non-hydrogen) atoms. The van der Waals surface area contributed by atoms with Gasteiger partial charge in [-0.1, -0.05) is 23.5 Å². The number of fused-ring (bicyclic) bond motifs is 1. The number of benzene rings is 1. The minimum absolute atomic E-state index is 0.117. The zero-order valence-electron chi connectivity index (χ0n) is 12.0. The van der Waals surface area contributed by atoms with Gasteiger partial charge in [0.2, 0.25) is 5.91 Å². The van der Waals surface area contributed by atoms with Crippen LogP contribution >= 0.6 is 11.3 Å². The molecule has 2 aromatic rings. The number of piperazine rings is 1. The smallest absolute Gasteiger partial charge is 0.285 e. The van der Waals surface area contributed by atoms with Crippen LogP contribution in [-0.2, 0) is 9.59 Å². The number of nitrogens with one attached hydrogen (secondary N) is 2. The molecule has 0 radical (unpaired) electrons. The van der Waals surface area contributed by atoms with Gasteiger partial charge in [-0.25, -0.2) is 4.98 Å². The summed E-state index contributed by atoms with van der Waals surface area (Å²) in [5.74, 6) is -0.260. The van der Waals surface area contributed by atoms with E-state index in [1.807, 2.05) is 18.2 Å². The van der Waals surface area contributed by atoms with E-state index in [-0.39, 0.29) is 17.9 Å². The number of anilines is 1. The number of aromatic nitrogens is 1. The molecule has 2 aliphatic heterocycles.